The molecule has 1 heterocycles. The molecule has 0 N–H and O–H groups in total. The number of rotatable bonds is 4. The van der Waals surface area contributed by atoms with E-state index in [1.165, 1.54) is 0 Å². The fourth-order valence-electron chi connectivity index (χ4n) is 4.07. The summed E-state index contributed by atoms with van der Waals surface area (Å²) in [5.41, 5.74) is 4.57. The second-order valence-electron chi connectivity index (χ2n) is 8.52. The van der Waals surface area contributed by atoms with Gasteiger partial charge in [-0.3, -0.25) is 0 Å². The third-order valence-electron chi connectivity index (χ3n) is 6.30. The van der Waals surface area contributed by atoms with Gasteiger partial charge in [-0.25, -0.2) is 0 Å². The fraction of sp³-hybridized carbons (Fsp3) is 0.240. The van der Waals surface area contributed by atoms with Crippen molar-refractivity contribution < 1.29 is 9.31 Å². The van der Waals surface area contributed by atoms with E-state index < -0.39 is 18.3 Å². The zero-order valence-electron chi connectivity index (χ0n) is 17.7. The third-order valence-corrected chi connectivity index (χ3v) is 6.30. The van der Waals surface area contributed by atoms with Crippen LogP contribution in [0.3, 0.4) is 0 Å². The second-order valence-corrected chi connectivity index (χ2v) is 8.52. The Morgan fingerprint density at radius 1 is 0.828 bits per heavy atom. The van der Waals surface area contributed by atoms with Crippen LogP contribution in [0.1, 0.15) is 38.8 Å². The van der Waals surface area contributed by atoms with Crippen molar-refractivity contribution in [2.75, 3.05) is 0 Å². The number of fused-ring (bicyclic) bond motifs is 1. The van der Waals surface area contributed by atoms with Crippen LogP contribution in [0.15, 0.2) is 61.2 Å². The first-order valence-electron chi connectivity index (χ1n) is 10.1. The average molecular weight is 380 g/mol. The summed E-state index contributed by atoms with van der Waals surface area (Å²) in [4.78, 5) is 0. The Balaban J connectivity index is 2.08. The Bertz CT molecular complexity index is 1080. The van der Waals surface area contributed by atoms with Gasteiger partial charge in [0.2, 0.25) is 0 Å². The van der Waals surface area contributed by atoms with Crippen LogP contribution >= 0.6 is 0 Å². The summed E-state index contributed by atoms with van der Waals surface area (Å²) in [7, 11) is 3.66. The third kappa shape index (κ3) is 3.11. The van der Waals surface area contributed by atoms with Crippen molar-refractivity contribution in [2.45, 2.75) is 38.9 Å². The van der Waals surface area contributed by atoms with Gasteiger partial charge in [0.15, 0.2) is 0 Å². The summed E-state index contributed by atoms with van der Waals surface area (Å²) in [6.45, 7) is 12.4. The van der Waals surface area contributed by atoms with Crippen LogP contribution in [0.2, 0.25) is 0 Å². The van der Waals surface area contributed by atoms with Crippen molar-refractivity contribution >= 4 is 42.9 Å². The van der Waals surface area contributed by atoms with E-state index >= 15 is 0 Å². The molecule has 4 heteroatoms. The molecule has 1 fully saturated rings. The van der Waals surface area contributed by atoms with Gasteiger partial charge in [0.25, 0.3) is 0 Å². The summed E-state index contributed by atoms with van der Waals surface area (Å²) in [5.74, 6) is 1.90. The molecule has 0 bridgehead atoms. The molecule has 0 aromatic heterocycles. The summed E-state index contributed by atoms with van der Waals surface area (Å²) in [6, 6.07) is 18.9. The summed E-state index contributed by atoms with van der Waals surface area (Å²) >= 11 is 0. The number of hydrogen-bond donors (Lipinski definition) is 0. The molecule has 0 spiro atoms. The van der Waals surface area contributed by atoms with Gasteiger partial charge in [-0.15, -0.1) is 0 Å². The molecule has 144 valence electrons. The Morgan fingerprint density at radius 2 is 1.38 bits per heavy atom. The first-order valence-corrected chi connectivity index (χ1v) is 10.1. The molecule has 0 unspecified atom stereocenters. The molecule has 1 saturated heterocycles. The van der Waals surface area contributed by atoms with Gasteiger partial charge in [-0.2, -0.15) is 0 Å². The molecule has 1 aliphatic heterocycles. The molecule has 0 saturated carbocycles. The summed E-state index contributed by atoms with van der Waals surface area (Å²) in [5, 5.41) is 2.27. The van der Waals surface area contributed by atoms with Crippen LogP contribution in [-0.4, -0.2) is 31.8 Å². The van der Waals surface area contributed by atoms with Crippen LogP contribution in [0, 0.1) is 0 Å². The Kier molecular flexibility index (Phi) is 4.88. The first-order chi connectivity index (χ1) is 13.8. The van der Waals surface area contributed by atoms with E-state index in [9.17, 15) is 0 Å². The summed E-state index contributed by atoms with van der Waals surface area (Å²) in [6.07, 6.45) is 1.92. The van der Waals surface area contributed by atoms with Crippen molar-refractivity contribution in [3.8, 4) is 11.1 Å². The molecule has 2 nitrogen and oxygen atoms in total. The molecular formula is C25H26B2O2. The molecule has 1 aliphatic rings. The molecule has 3 aromatic carbocycles. The molecule has 29 heavy (non-hydrogen) atoms. The molecule has 0 atom stereocenters. The number of hydrogen-bond acceptors (Lipinski definition) is 2. The fourth-order valence-corrected chi connectivity index (χ4v) is 4.07. The van der Waals surface area contributed by atoms with E-state index in [2.05, 4.69) is 90.3 Å². The van der Waals surface area contributed by atoms with Crippen molar-refractivity contribution in [1.82, 2.24) is 0 Å². The standard InChI is InChI=1S/C25H26B2O2/c1-6-18-21(16-26)23(27-28-24(2,3)25(4,5)29-27)20-15-11-10-14-19(20)22(18)17-12-8-7-9-13-17/h6-16,26H,1H2,2-5H3. The normalized spacial score (nSPS) is 17.4. The van der Waals surface area contributed by atoms with Crippen molar-refractivity contribution in [3.05, 3.63) is 72.3 Å². The van der Waals surface area contributed by atoms with E-state index in [1.54, 1.807) is 0 Å². The maximum atomic E-state index is 6.44. The van der Waals surface area contributed by atoms with Gasteiger partial charge >= 0.3 is 175 Å². The van der Waals surface area contributed by atoms with Crippen LogP contribution in [0.5, 0.6) is 0 Å². The molecule has 0 radical (unpaired) electrons. The minimum absolute atomic E-state index is 0.413. The predicted octanol–water partition coefficient (Wildman–Crippen LogP) is 4.50. The minimum atomic E-state index is -0.471. The van der Waals surface area contributed by atoms with Gasteiger partial charge < -0.3 is 0 Å². The zero-order valence-corrected chi connectivity index (χ0v) is 17.7. The predicted molar refractivity (Wildman–Crippen MR) is 128 cm³/mol. The molecular weight excluding hydrogens is 354 g/mol. The topological polar surface area (TPSA) is 18.5 Å². The molecule has 4 rings (SSSR count). The van der Waals surface area contributed by atoms with E-state index in [4.69, 9.17) is 9.31 Å². The zero-order chi connectivity index (χ0) is 20.8. The van der Waals surface area contributed by atoms with E-state index in [-0.39, 0.29) is 0 Å². The monoisotopic (exact) mass is 380 g/mol. The van der Waals surface area contributed by atoms with Gasteiger partial charge in [-0.05, 0) is 0 Å². The molecule has 0 amide bonds. The van der Waals surface area contributed by atoms with Gasteiger partial charge in [0.1, 0.15) is 0 Å². The maximum absolute atomic E-state index is 6.44. The SMILES string of the molecule is B=Cc1c(C=C)c(-c2ccccc2)c2ccccc2c1B1OC(C)(C)C(C)(C)O1. The van der Waals surface area contributed by atoms with Crippen LogP contribution in [0.25, 0.3) is 28.0 Å². The average Bonchev–Trinajstić information content (AvgIpc) is 2.93. The van der Waals surface area contributed by atoms with Gasteiger partial charge in [0.05, 0.1) is 0 Å². The van der Waals surface area contributed by atoms with E-state index in [1.807, 2.05) is 18.1 Å². The van der Waals surface area contributed by atoms with Crippen molar-refractivity contribution in [3.63, 3.8) is 0 Å². The van der Waals surface area contributed by atoms with Crippen molar-refractivity contribution in [1.29, 1.82) is 0 Å². The quantitative estimate of drug-likeness (QED) is 0.621. The van der Waals surface area contributed by atoms with Crippen LogP contribution < -0.4 is 5.46 Å². The van der Waals surface area contributed by atoms with Crippen molar-refractivity contribution in [2.24, 2.45) is 0 Å². The van der Waals surface area contributed by atoms with Crippen LogP contribution in [-0.2, 0) is 9.31 Å². The van der Waals surface area contributed by atoms with E-state index in [0.29, 0.717) is 0 Å². The molecule has 3 aromatic rings. The van der Waals surface area contributed by atoms with E-state index in [0.717, 1.165) is 38.5 Å². The Labute approximate surface area is 174 Å². The van der Waals surface area contributed by atoms with Gasteiger partial charge in [-0.1, -0.05) is 0 Å². The Morgan fingerprint density at radius 3 is 1.93 bits per heavy atom. The van der Waals surface area contributed by atoms with Gasteiger partial charge in [0, 0.05) is 0 Å². The first kappa shape index (κ1) is 19.9. The molecule has 0 aliphatic carbocycles. The number of benzene rings is 3. The summed E-state index contributed by atoms with van der Waals surface area (Å²) < 4.78 is 12.9. The Hall–Kier alpha value is -2.42. The van der Waals surface area contributed by atoms with Crippen LogP contribution in [0.4, 0.5) is 0 Å². The second kappa shape index (κ2) is 7.12.